The van der Waals surface area contributed by atoms with Crippen LogP contribution < -0.4 is 4.90 Å². The third-order valence-corrected chi connectivity index (χ3v) is 5.99. The molecule has 1 fully saturated rings. The largest absolute Gasteiger partial charge is 0.335 e. The van der Waals surface area contributed by atoms with Crippen LogP contribution in [0.2, 0.25) is 0 Å². The first-order chi connectivity index (χ1) is 13.7. The van der Waals surface area contributed by atoms with Crippen LogP contribution in [0.5, 0.6) is 0 Å². The molecule has 2 aliphatic heterocycles. The Balaban J connectivity index is 1.62. The first-order valence-electron chi connectivity index (χ1n) is 9.99. The van der Waals surface area contributed by atoms with Gasteiger partial charge in [0.2, 0.25) is 5.91 Å². The summed E-state index contributed by atoms with van der Waals surface area (Å²) >= 11 is 0. The molecule has 0 aliphatic carbocycles. The zero-order valence-electron chi connectivity index (χ0n) is 16.1. The van der Waals surface area contributed by atoms with E-state index in [9.17, 15) is 4.79 Å². The van der Waals surface area contributed by atoms with Crippen molar-refractivity contribution in [3.63, 3.8) is 0 Å². The lowest BCUT2D eigenvalue weighted by molar-refractivity contribution is -0.130. The molecule has 2 aliphatic rings. The number of hydrogen-bond acceptors (Lipinski definition) is 2. The van der Waals surface area contributed by atoms with Crippen molar-refractivity contribution in [3.8, 4) is 0 Å². The van der Waals surface area contributed by atoms with Crippen LogP contribution in [-0.2, 0) is 17.8 Å². The molecule has 2 heterocycles. The summed E-state index contributed by atoms with van der Waals surface area (Å²) in [5, 5.41) is 0. The van der Waals surface area contributed by atoms with Gasteiger partial charge in [0.15, 0.2) is 0 Å². The Morgan fingerprint density at radius 1 is 0.893 bits per heavy atom. The van der Waals surface area contributed by atoms with Gasteiger partial charge in [-0.05, 0) is 42.5 Å². The van der Waals surface area contributed by atoms with Crippen molar-refractivity contribution in [1.82, 2.24) is 4.90 Å². The monoisotopic (exact) mass is 368 g/mol. The fourth-order valence-corrected chi connectivity index (χ4v) is 4.60. The third kappa shape index (κ3) is 2.78. The molecule has 0 spiro atoms. The highest BCUT2D eigenvalue weighted by Crippen LogP contribution is 2.44. The molecule has 0 bridgehead atoms. The van der Waals surface area contributed by atoms with Crippen LogP contribution >= 0.6 is 0 Å². The molecule has 1 saturated heterocycles. The van der Waals surface area contributed by atoms with Gasteiger partial charge in [0.25, 0.3) is 0 Å². The number of fused-ring (bicyclic) bond motifs is 3. The van der Waals surface area contributed by atoms with Crippen LogP contribution in [0.1, 0.15) is 34.8 Å². The van der Waals surface area contributed by atoms with Crippen molar-refractivity contribution < 1.29 is 4.79 Å². The molecule has 28 heavy (non-hydrogen) atoms. The van der Waals surface area contributed by atoms with E-state index in [2.05, 4.69) is 77.4 Å². The van der Waals surface area contributed by atoms with Crippen molar-refractivity contribution in [3.05, 3.63) is 101 Å². The molecule has 3 heteroatoms. The van der Waals surface area contributed by atoms with Gasteiger partial charge in [-0.3, -0.25) is 4.79 Å². The van der Waals surface area contributed by atoms with E-state index in [0.717, 1.165) is 12.8 Å². The zero-order valence-corrected chi connectivity index (χ0v) is 16.1. The highest BCUT2D eigenvalue weighted by atomic mass is 16.2. The molecule has 140 valence electrons. The van der Waals surface area contributed by atoms with Crippen LogP contribution in [0.3, 0.4) is 0 Å². The predicted octanol–water partition coefficient (Wildman–Crippen LogP) is 4.86. The van der Waals surface area contributed by atoms with Gasteiger partial charge in [0.05, 0.1) is 0 Å². The summed E-state index contributed by atoms with van der Waals surface area (Å²) in [7, 11) is 0. The van der Waals surface area contributed by atoms with Gasteiger partial charge in [-0.25, -0.2) is 0 Å². The van der Waals surface area contributed by atoms with E-state index in [0.29, 0.717) is 6.54 Å². The molecule has 5 rings (SSSR count). The summed E-state index contributed by atoms with van der Waals surface area (Å²) < 4.78 is 0. The number of amides is 1. The molecule has 0 saturated carbocycles. The van der Waals surface area contributed by atoms with Crippen LogP contribution in [0.15, 0.2) is 78.9 Å². The van der Waals surface area contributed by atoms with Crippen molar-refractivity contribution in [2.24, 2.45) is 0 Å². The van der Waals surface area contributed by atoms with E-state index >= 15 is 0 Å². The lowest BCUT2D eigenvalue weighted by Gasteiger charge is -2.37. The molecule has 1 unspecified atom stereocenters. The molecule has 2 atom stereocenters. The van der Waals surface area contributed by atoms with E-state index in [-0.39, 0.29) is 18.1 Å². The average Bonchev–Trinajstić information content (AvgIpc) is 3.02. The van der Waals surface area contributed by atoms with E-state index in [1.165, 1.54) is 27.9 Å². The van der Waals surface area contributed by atoms with Crippen LogP contribution in [0.25, 0.3) is 0 Å². The SMILES string of the molecule is Cc1ccc([C@H]2N(Cc3ccccc3)C(=O)C3CCc4ccccc4N32)cc1. The Morgan fingerprint density at radius 2 is 1.61 bits per heavy atom. The smallest absolute Gasteiger partial charge is 0.247 e. The quantitative estimate of drug-likeness (QED) is 0.659. The van der Waals surface area contributed by atoms with Gasteiger partial charge in [-0.15, -0.1) is 0 Å². The highest BCUT2D eigenvalue weighted by molar-refractivity contribution is 5.91. The van der Waals surface area contributed by atoms with E-state index in [4.69, 9.17) is 0 Å². The van der Waals surface area contributed by atoms with E-state index in [1.54, 1.807) is 0 Å². The summed E-state index contributed by atoms with van der Waals surface area (Å²) in [6.07, 6.45) is 1.77. The summed E-state index contributed by atoms with van der Waals surface area (Å²) in [5.41, 5.74) is 6.12. The Kier molecular flexibility index (Phi) is 4.16. The highest BCUT2D eigenvalue weighted by Gasteiger charge is 2.48. The van der Waals surface area contributed by atoms with Gasteiger partial charge in [0, 0.05) is 12.2 Å². The lowest BCUT2D eigenvalue weighted by Crippen LogP contribution is -2.38. The molecule has 3 nitrogen and oxygen atoms in total. The third-order valence-electron chi connectivity index (χ3n) is 5.99. The number of aryl methyl sites for hydroxylation is 2. The zero-order chi connectivity index (χ0) is 19.1. The fraction of sp³-hybridized carbons (Fsp3) is 0.240. The number of anilines is 1. The van der Waals surface area contributed by atoms with Crippen LogP contribution in [0, 0.1) is 6.92 Å². The first-order valence-corrected chi connectivity index (χ1v) is 9.99. The Labute approximate surface area is 166 Å². The Hall–Kier alpha value is -3.07. The minimum Gasteiger partial charge on any atom is -0.335 e. The number of nitrogens with zero attached hydrogens (tertiary/aromatic N) is 2. The van der Waals surface area contributed by atoms with Gasteiger partial charge in [0.1, 0.15) is 12.2 Å². The second kappa shape index (κ2) is 6.83. The van der Waals surface area contributed by atoms with E-state index < -0.39 is 0 Å². The second-order valence-corrected chi connectivity index (χ2v) is 7.83. The molecule has 3 aromatic carbocycles. The predicted molar refractivity (Wildman–Crippen MR) is 112 cm³/mol. The van der Waals surface area contributed by atoms with Crippen molar-refractivity contribution in [2.75, 3.05) is 4.90 Å². The van der Waals surface area contributed by atoms with Crippen LogP contribution in [-0.4, -0.2) is 16.8 Å². The van der Waals surface area contributed by atoms with Gasteiger partial charge in [-0.2, -0.15) is 0 Å². The maximum Gasteiger partial charge on any atom is 0.247 e. The normalized spacial score (nSPS) is 20.8. The molecule has 0 N–H and O–H groups in total. The first kappa shape index (κ1) is 17.1. The molecule has 0 aromatic heterocycles. The van der Waals surface area contributed by atoms with Gasteiger partial charge >= 0.3 is 0 Å². The maximum atomic E-state index is 13.5. The summed E-state index contributed by atoms with van der Waals surface area (Å²) in [5.74, 6) is 0.240. The second-order valence-electron chi connectivity index (χ2n) is 7.83. The lowest BCUT2D eigenvalue weighted by atomic mass is 9.95. The van der Waals surface area contributed by atoms with Gasteiger partial charge in [-0.1, -0.05) is 78.4 Å². The number of para-hydroxylation sites is 1. The maximum absolute atomic E-state index is 13.5. The topological polar surface area (TPSA) is 23.6 Å². The molecule has 3 aromatic rings. The van der Waals surface area contributed by atoms with Gasteiger partial charge < -0.3 is 9.80 Å². The minimum absolute atomic E-state index is 0.0697. The van der Waals surface area contributed by atoms with Crippen LogP contribution in [0.4, 0.5) is 5.69 Å². The minimum atomic E-state index is -0.0788. The number of benzene rings is 3. The summed E-state index contributed by atoms with van der Waals surface area (Å²) in [6, 6.07) is 27.4. The van der Waals surface area contributed by atoms with E-state index in [1.807, 2.05) is 18.2 Å². The van der Waals surface area contributed by atoms with Crippen molar-refractivity contribution in [1.29, 1.82) is 0 Å². The van der Waals surface area contributed by atoms with Crippen molar-refractivity contribution >= 4 is 11.6 Å². The molecular weight excluding hydrogens is 344 g/mol. The Morgan fingerprint density at radius 3 is 2.39 bits per heavy atom. The summed E-state index contributed by atoms with van der Waals surface area (Å²) in [4.78, 5) is 17.9. The number of rotatable bonds is 3. The number of carbonyl (C=O) groups is 1. The number of carbonyl (C=O) groups excluding carboxylic acids is 1. The average molecular weight is 368 g/mol. The number of hydrogen-bond donors (Lipinski definition) is 0. The Bertz CT molecular complexity index is 997. The standard InChI is InChI=1S/C25H24N2O/c1-18-11-13-21(14-12-18)24-26(17-19-7-3-2-4-8-19)25(28)23-16-15-20-9-5-6-10-22(20)27(23)24/h2-14,23-24H,15-17H2,1H3/t23?,24-/m0/s1. The molecular formula is C25H24N2O. The summed E-state index contributed by atoms with van der Waals surface area (Å²) in [6.45, 7) is 2.73. The molecule has 0 radical (unpaired) electrons. The fourth-order valence-electron chi connectivity index (χ4n) is 4.60. The van der Waals surface area contributed by atoms with Crippen molar-refractivity contribution in [2.45, 2.75) is 38.5 Å². The molecule has 1 amide bonds.